The number of carbonyl (C=O) groups is 2. The van der Waals surface area contributed by atoms with Crippen molar-refractivity contribution >= 4 is 19.7 Å². The molecular weight excluding hydrogens is 251 g/mol. The second-order valence-electron chi connectivity index (χ2n) is 7.48. The molecule has 2 saturated carbocycles. The molecule has 1 N–H and O–H groups in total. The van der Waals surface area contributed by atoms with E-state index in [0.717, 1.165) is 25.8 Å². The average molecular weight is 276 g/mol. The fourth-order valence-corrected chi connectivity index (χ4v) is 4.81. The van der Waals surface area contributed by atoms with Gasteiger partial charge in [0, 0.05) is 19.0 Å². The van der Waals surface area contributed by atoms with Crippen LogP contribution >= 0.6 is 0 Å². The summed E-state index contributed by atoms with van der Waals surface area (Å²) in [4.78, 5) is 27.5. The lowest BCUT2D eigenvalue weighted by Gasteiger charge is -2.35. The molecule has 4 nitrogen and oxygen atoms in total. The molecule has 3 fully saturated rings. The predicted molar refractivity (Wildman–Crippen MR) is 79.8 cm³/mol. The van der Waals surface area contributed by atoms with E-state index >= 15 is 0 Å². The lowest BCUT2D eigenvalue weighted by atomic mass is 9.68. The van der Waals surface area contributed by atoms with Crippen molar-refractivity contribution in [2.45, 2.75) is 52.0 Å². The van der Waals surface area contributed by atoms with Gasteiger partial charge >= 0.3 is 0 Å². The van der Waals surface area contributed by atoms with Crippen LogP contribution in [0.15, 0.2) is 0 Å². The van der Waals surface area contributed by atoms with E-state index in [4.69, 9.17) is 0 Å². The van der Waals surface area contributed by atoms with Crippen LogP contribution in [0.3, 0.4) is 0 Å². The normalized spacial score (nSPS) is 39.4. The summed E-state index contributed by atoms with van der Waals surface area (Å²) in [7, 11) is 2.11. The highest BCUT2D eigenvalue weighted by molar-refractivity contribution is 6.09. The van der Waals surface area contributed by atoms with Crippen LogP contribution in [0.4, 0.5) is 0 Å². The van der Waals surface area contributed by atoms with Crippen molar-refractivity contribution in [2.75, 3.05) is 13.1 Å². The van der Waals surface area contributed by atoms with Crippen molar-refractivity contribution < 1.29 is 9.59 Å². The van der Waals surface area contributed by atoms with Crippen LogP contribution in [0, 0.1) is 16.7 Å². The fourth-order valence-electron chi connectivity index (χ4n) is 4.81. The number of ketones is 1. The van der Waals surface area contributed by atoms with Crippen molar-refractivity contribution in [1.82, 2.24) is 10.1 Å². The maximum atomic E-state index is 12.8. The standard InChI is InChI=1S/C15H25BN2O2/c1-14(2)10-5-6-15(14,12(19)8-10)13(20)17-9-11-4-3-7-18(11)16/h10-11H,3-9,16H2,1-2H3,(H,17,20)/t10?,11-,15-/m0/s1. The lowest BCUT2D eigenvalue weighted by Crippen LogP contribution is -2.52. The van der Waals surface area contributed by atoms with Gasteiger partial charge in [-0.1, -0.05) is 13.8 Å². The van der Waals surface area contributed by atoms with Crippen molar-refractivity contribution in [3.8, 4) is 0 Å². The molecule has 1 saturated heterocycles. The first kappa shape index (κ1) is 14.1. The Morgan fingerprint density at radius 1 is 1.45 bits per heavy atom. The zero-order valence-corrected chi connectivity index (χ0v) is 12.9. The van der Waals surface area contributed by atoms with Crippen LogP contribution in [-0.4, -0.2) is 43.6 Å². The van der Waals surface area contributed by atoms with E-state index in [2.05, 4.69) is 32.0 Å². The molecule has 1 heterocycles. The molecule has 1 unspecified atom stereocenters. The Bertz CT molecular complexity index is 451. The number of Topliss-reactive ketones (excluding diaryl/α,β-unsaturated/α-hetero) is 1. The first-order chi connectivity index (χ1) is 9.39. The highest BCUT2D eigenvalue weighted by Crippen LogP contribution is 2.63. The van der Waals surface area contributed by atoms with Crippen molar-refractivity contribution in [2.24, 2.45) is 16.7 Å². The Labute approximate surface area is 122 Å². The molecule has 3 rings (SSSR count). The highest BCUT2D eigenvalue weighted by Gasteiger charge is 2.68. The summed E-state index contributed by atoms with van der Waals surface area (Å²) in [5.74, 6) is 0.568. The third-order valence-electron chi connectivity index (χ3n) is 6.45. The summed E-state index contributed by atoms with van der Waals surface area (Å²) >= 11 is 0. The number of fused-ring (bicyclic) bond motifs is 2. The molecule has 0 aromatic carbocycles. The summed E-state index contributed by atoms with van der Waals surface area (Å²) in [5, 5.41) is 3.10. The van der Waals surface area contributed by atoms with Gasteiger partial charge in [0.15, 0.2) is 7.98 Å². The number of nitrogens with zero attached hydrogens (tertiary/aromatic N) is 1. The first-order valence-electron chi connectivity index (χ1n) is 7.91. The van der Waals surface area contributed by atoms with Gasteiger partial charge in [0.2, 0.25) is 5.91 Å². The zero-order valence-electron chi connectivity index (χ0n) is 12.9. The number of nitrogens with one attached hydrogen (secondary N) is 1. The molecule has 0 radical (unpaired) electrons. The van der Waals surface area contributed by atoms with Gasteiger partial charge in [-0.2, -0.15) is 0 Å². The minimum absolute atomic E-state index is 0.00667. The van der Waals surface area contributed by atoms with Gasteiger partial charge in [-0.15, -0.1) is 0 Å². The quantitative estimate of drug-likeness (QED) is 0.603. The number of carbonyl (C=O) groups excluding carboxylic acids is 2. The zero-order chi connectivity index (χ0) is 14.5. The second-order valence-corrected chi connectivity index (χ2v) is 7.48. The second kappa shape index (κ2) is 4.59. The SMILES string of the molecule is BN1CCC[C@H]1CNC(=O)[C@]12CCC(CC1=O)C2(C)C. The van der Waals surface area contributed by atoms with E-state index < -0.39 is 5.41 Å². The Balaban J connectivity index is 1.71. The Hall–Kier alpha value is -0.835. The van der Waals surface area contributed by atoms with Crippen molar-refractivity contribution in [3.63, 3.8) is 0 Å². The molecule has 0 aromatic heterocycles. The van der Waals surface area contributed by atoms with Crippen LogP contribution in [-0.2, 0) is 9.59 Å². The molecule has 2 aliphatic carbocycles. The van der Waals surface area contributed by atoms with Gasteiger partial charge < -0.3 is 10.1 Å². The van der Waals surface area contributed by atoms with E-state index in [-0.39, 0.29) is 17.1 Å². The van der Waals surface area contributed by atoms with E-state index in [0.29, 0.717) is 24.9 Å². The number of hydrogen-bond donors (Lipinski definition) is 1. The third kappa shape index (κ3) is 1.71. The van der Waals surface area contributed by atoms with Gasteiger partial charge in [-0.05, 0) is 43.6 Å². The maximum absolute atomic E-state index is 12.8. The Morgan fingerprint density at radius 3 is 2.70 bits per heavy atom. The Morgan fingerprint density at radius 2 is 2.20 bits per heavy atom. The monoisotopic (exact) mass is 276 g/mol. The van der Waals surface area contributed by atoms with Crippen LogP contribution in [0.2, 0.25) is 0 Å². The predicted octanol–water partition coefficient (Wildman–Crippen LogP) is 0.510. The molecule has 5 heteroatoms. The molecule has 1 amide bonds. The lowest BCUT2D eigenvalue weighted by molar-refractivity contribution is -0.145. The van der Waals surface area contributed by atoms with Crippen LogP contribution < -0.4 is 5.32 Å². The summed E-state index contributed by atoms with van der Waals surface area (Å²) in [6.07, 6.45) is 4.72. The number of rotatable bonds is 3. The molecule has 2 bridgehead atoms. The van der Waals surface area contributed by atoms with Crippen molar-refractivity contribution in [1.29, 1.82) is 0 Å². The fraction of sp³-hybridized carbons (Fsp3) is 0.867. The summed E-state index contributed by atoms with van der Waals surface area (Å²) < 4.78 is 0. The average Bonchev–Trinajstić information content (AvgIpc) is 2.96. The van der Waals surface area contributed by atoms with E-state index in [1.54, 1.807) is 0 Å². The van der Waals surface area contributed by atoms with Gasteiger partial charge in [0.05, 0.1) is 0 Å². The van der Waals surface area contributed by atoms with Crippen molar-refractivity contribution in [3.05, 3.63) is 0 Å². The summed E-state index contributed by atoms with van der Waals surface area (Å²) in [6.45, 7) is 6.01. The van der Waals surface area contributed by atoms with Crippen LogP contribution in [0.25, 0.3) is 0 Å². The molecule has 3 aliphatic rings. The molecule has 0 spiro atoms. The van der Waals surface area contributed by atoms with Crippen LogP contribution in [0.5, 0.6) is 0 Å². The molecule has 3 atom stereocenters. The van der Waals surface area contributed by atoms with Gasteiger partial charge in [-0.25, -0.2) is 0 Å². The molecular formula is C15H25BN2O2. The number of hydrogen-bond acceptors (Lipinski definition) is 3. The van der Waals surface area contributed by atoms with Gasteiger partial charge in [0.1, 0.15) is 11.2 Å². The van der Waals surface area contributed by atoms with Crippen LogP contribution in [0.1, 0.15) is 46.0 Å². The van der Waals surface area contributed by atoms with E-state index in [1.165, 1.54) is 6.42 Å². The summed E-state index contributed by atoms with van der Waals surface area (Å²) in [6, 6.07) is 0.437. The topological polar surface area (TPSA) is 49.4 Å². The molecule has 0 aromatic rings. The smallest absolute Gasteiger partial charge is 0.234 e. The number of amides is 1. The third-order valence-corrected chi connectivity index (χ3v) is 6.45. The maximum Gasteiger partial charge on any atom is 0.234 e. The summed E-state index contributed by atoms with van der Waals surface area (Å²) in [5.41, 5.74) is -0.912. The first-order valence-corrected chi connectivity index (χ1v) is 7.91. The molecule has 110 valence electrons. The minimum Gasteiger partial charge on any atom is -0.354 e. The highest BCUT2D eigenvalue weighted by atomic mass is 16.2. The largest absolute Gasteiger partial charge is 0.354 e. The van der Waals surface area contributed by atoms with E-state index in [1.807, 2.05) is 0 Å². The Kier molecular flexibility index (Phi) is 3.24. The minimum atomic E-state index is -0.741. The molecule has 1 aliphatic heterocycles. The van der Waals surface area contributed by atoms with Gasteiger partial charge in [0.25, 0.3) is 0 Å². The van der Waals surface area contributed by atoms with Gasteiger partial charge in [-0.3, -0.25) is 9.59 Å². The molecule has 20 heavy (non-hydrogen) atoms. The van der Waals surface area contributed by atoms with E-state index in [9.17, 15) is 9.59 Å².